The van der Waals surface area contributed by atoms with Crippen LogP contribution in [0.4, 0.5) is 0 Å². The lowest BCUT2D eigenvalue weighted by atomic mass is 9.76. The van der Waals surface area contributed by atoms with Gasteiger partial charge in [0.05, 0.1) is 14.2 Å². The molecule has 0 spiro atoms. The quantitative estimate of drug-likeness (QED) is 0.179. The molecule has 0 saturated heterocycles. The summed E-state index contributed by atoms with van der Waals surface area (Å²) in [6, 6.07) is 36.3. The second kappa shape index (κ2) is 13.1. The van der Waals surface area contributed by atoms with Crippen LogP contribution in [-0.2, 0) is 21.7 Å². The van der Waals surface area contributed by atoms with Gasteiger partial charge < -0.3 is 9.47 Å². The van der Waals surface area contributed by atoms with Crippen molar-refractivity contribution in [2.75, 3.05) is 14.2 Å². The number of methoxy groups -OCH3 is 2. The van der Waals surface area contributed by atoms with E-state index in [9.17, 15) is 0 Å². The molecule has 6 rings (SSSR count). The van der Waals surface area contributed by atoms with Crippen LogP contribution >= 0.6 is 0 Å². The normalized spacial score (nSPS) is 12.8. The number of fused-ring (bicyclic) bond motifs is 2. The number of hydrogen-bond acceptors (Lipinski definition) is 2. The Morgan fingerprint density at radius 3 is 0.923 bits per heavy atom. The smallest absolute Gasteiger partial charge is 0.135 e. The summed E-state index contributed by atoms with van der Waals surface area (Å²) in [6.07, 6.45) is 0. The second-order valence-electron chi connectivity index (χ2n) is 18.7. The lowest BCUT2D eigenvalue weighted by molar-refractivity contribution is 0.421. The Morgan fingerprint density at radius 1 is 0.365 bits per heavy atom. The minimum atomic E-state index is -0.0473. The highest BCUT2D eigenvalue weighted by Crippen LogP contribution is 2.52. The van der Waals surface area contributed by atoms with Crippen LogP contribution in [0.2, 0.25) is 0 Å². The summed E-state index contributed by atoms with van der Waals surface area (Å²) in [4.78, 5) is 0. The summed E-state index contributed by atoms with van der Waals surface area (Å²) in [5.41, 5.74) is 11.8. The van der Waals surface area contributed by atoms with Crippen LogP contribution in [0.5, 0.6) is 11.5 Å². The molecule has 0 unspecified atom stereocenters. The van der Waals surface area contributed by atoms with Crippen molar-refractivity contribution in [2.24, 2.45) is 0 Å². The van der Waals surface area contributed by atoms with E-state index >= 15 is 0 Å². The summed E-state index contributed by atoms with van der Waals surface area (Å²) < 4.78 is 13.0. The van der Waals surface area contributed by atoms with Crippen LogP contribution in [0.3, 0.4) is 0 Å². The molecule has 0 radical (unpaired) electrons. The highest BCUT2D eigenvalue weighted by atomic mass is 16.5. The number of rotatable bonds is 5. The third kappa shape index (κ3) is 6.97. The van der Waals surface area contributed by atoms with Gasteiger partial charge in [-0.2, -0.15) is 0 Å². The maximum atomic E-state index is 6.51. The Morgan fingerprint density at radius 2 is 0.654 bits per heavy atom. The van der Waals surface area contributed by atoms with Gasteiger partial charge in [0, 0.05) is 21.9 Å². The lowest BCUT2D eigenvalue weighted by Crippen LogP contribution is -2.17. The second-order valence-corrected chi connectivity index (χ2v) is 18.7. The van der Waals surface area contributed by atoms with Gasteiger partial charge in [0.15, 0.2) is 0 Å². The standard InChI is InChI=1S/C50H58O2/c1-47(2,3)35-23-33(24-36(29-35)48(4,5)6)43-41(27-31-19-15-17-21-39(31)45(43)51-13)42-28-32-20-16-18-22-40(32)46(52-14)44(42)34-25-37(49(7,8)9)30-38(26-34)50(10,11)12/h15-30H,1-14H3. The minimum absolute atomic E-state index is 0.0473. The van der Waals surface area contributed by atoms with Crippen LogP contribution < -0.4 is 9.47 Å². The molecule has 270 valence electrons. The van der Waals surface area contributed by atoms with Crippen molar-refractivity contribution in [1.82, 2.24) is 0 Å². The number of benzene rings is 6. The molecule has 2 nitrogen and oxygen atoms in total. The van der Waals surface area contributed by atoms with Crippen LogP contribution in [0.25, 0.3) is 54.9 Å². The van der Waals surface area contributed by atoms with E-state index in [1.54, 1.807) is 0 Å². The highest BCUT2D eigenvalue weighted by Gasteiger charge is 2.28. The predicted octanol–water partition coefficient (Wildman–Crippen LogP) is 14.2. The first-order valence-corrected chi connectivity index (χ1v) is 18.7. The largest absolute Gasteiger partial charge is 0.495 e. The third-order valence-electron chi connectivity index (χ3n) is 10.6. The zero-order valence-corrected chi connectivity index (χ0v) is 34.1. The van der Waals surface area contributed by atoms with Crippen molar-refractivity contribution in [3.05, 3.63) is 119 Å². The molecule has 52 heavy (non-hydrogen) atoms. The molecule has 0 heterocycles. The molecular weight excluding hydrogens is 633 g/mol. The van der Waals surface area contributed by atoms with Crippen molar-refractivity contribution >= 4 is 21.5 Å². The summed E-state index contributed by atoms with van der Waals surface area (Å²) in [5, 5.41) is 4.47. The Bertz CT molecular complexity index is 2060. The van der Waals surface area contributed by atoms with Crippen LogP contribution in [0, 0.1) is 0 Å². The van der Waals surface area contributed by atoms with Crippen molar-refractivity contribution < 1.29 is 9.47 Å². The molecular formula is C50H58O2. The fourth-order valence-corrected chi connectivity index (χ4v) is 7.33. The van der Waals surface area contributed by atoms with Gasteiger partial charge in [-0.1, -0.05) is 168 Å². The Kier molecular flexibility index (Phi) is 9.40. The fraction of sp³-hybridized carbons (Fsp3) is 0.360. The Hall–Kier alpha value is -4.56. The fourth-order valence-electron chi connectivity index (χ4n) is 7.33. The van der Waals surface area contributed by atoms with Crippen molar-refractivity contribution in [2.45, 2.75) is 105 Å². The van der Waals surface area contributed by atoms with Gasteiger partial charge in [-0.3, -0.25) is 0 Å². The summed E-state index contributed by atoms with van der Waals surface area (Å²) in [5.74, 6) is 1.77. The maximum absolute atomic E-state index is 6.51. The first kappa shape index (κ1) is 37.2. The Labute approximate surface area is 313 Å². The molecule has 6 aromatic rings. The molecule has 0 amide bonds. The average Bonchev–Trinajstić information content (AvgIpc) is 3.07. The SMILES string of the molecule is COc1c(-c2cc(C(C)(C)C)cc(C(C)(C)C)c2)c(-c2cc3ccccc3c(OC)c2-c2cc(C(C)(C)C)cc(C(C)(C)C)c2)cc2ccccc12. The number of hydrogen-bond donors (Lipinski definition) is 0. The van der Waals surface area contributed by atoms with Gasteiger partial charge in [-0.15, -0.1) is 0 Å². The van der Waals surface area contributed by atoms with Crippen molar-refractivity contribution in [3.63, 3.8) is 0 Å². The zero-order chi connectivity index (χ0) is 38.0. The Balaban J connectivity index is 1.87. The van der Waals surface area contributed by atoms with Crippen molar-refractivity contribution in [1.29, 1.82) is 0 Å². The first-order valence-electron chi connectivity index (χ1n) is 18.7. The van der Waals surface area contributed by atoms with Gasteiger partial charge in [-0.05, 0) is 89.1 Å². The molecule has 0 fully saturated rings. The first-order chi connectivity index (χ1) is 24.2. The zero-order valence-electron chi connectivity index (χ0n) is 34.1. The van der Waals surface area contributed by atoms with Gasteiger partial charge in [0.2, 0.25) is 0 Å². The minimum Gasteiger partial charge on any atom is -0.495 e. The van der Waals surface area contributed by atoms with E-state index in [2.05, 4.69) is 180 Å². The molecule has 0 aromatic heterocycles. The van der Waals surface area contributed by atoms with Gasteiger partial charge >= 0.3 is 0 Å². The molecule has 0 N–H and O–H groups in total. The third-order valence-corrected chi connectivity index (χ3v) is 10.6. The predicted molar refractivity (Wildman–Crippen MR) is 226 cm³/mol. The molecule has 0 atom stereocenters. The van der Waals surface area contributed by atoms with Crippen LogP contribution in [0.15, 0.2) is 97.1 Å². The highest BCUT2D eigenvalue weighted by molar-refractivity contribution is 6.09. The monoisotopic (exact) mass is 690 g/mol. The van der Waals surface area contributed by atoms with E-state index in [-0.39, 0.29) is 21.7 Å². The van der Waals surface area contributed by atoms with Gasteiger partial charge in [-0.25, -0.2) is 0 Å². The average molecular weight is 691 g/mol. The maximum Gasteiger partial charge on any atom is 0.135 e. The lowest BCUT2D eigenvalue weighted by Gasteiger charge is -2.29. The molecule has 0 saturated carbocycles. The molecule has 6 aromatic carbocycles. The topological polar surface area (TPSA) is 18.5 Å². The van der Waals surface area contributed by atoms with E-state index in [1.807, 2.05) is 14.2 Å². The van der Waals surface area contributed by atoms with E-state index in [0.29, 0.717) is 0 Å². The molecule has 0 aliphatic rings. The molecule has 0 aliphatic heterocycles. The summed E-state index contributed by atoms with van der Waals surface area (Å²) in [6.45, 7) is 27.6. The van der Waals surface area contributed by atoms with E-state index < -0.39 is 0 Å². The van der Waals surface area contributed by atoms with E-state index in [4.69, 9.17) is 9.47 Å². The van der Waals surface area contributed by atoms with Crippen molar-refractivity contribution in [3.8, 4) is 44.9 Å². The summed E-state index contributed by atoms with van der Waals surface area (Å²) >= 11 is 0. The van der Waals surface area contributed by atoms with E-state index in [0.717, 1.165) is 66.4 Å². The summed E-state index contributed by atoms with van der Waals surface area (Å²) in [7, 11) is 3.63. The van der Waals surface area contributed by atoms with Crippen LogP contribution in [-0.4, -0.2) is 14.2 Å². The van der Waals surface area contributed by atoms with Gasteiger partial charge in [0.1, 0.15) is 11.5 Å². The van der Waals surface area contributed by atoms with Gasteiger partial charge in [0.25, 0.3) is 0 Å². The number of ether oxygens (including phenoxy) is 2. The van der Waals surface area contributed by atoms with Crippen LogP contribution in [0.1, 0.15) is 105 Å². The molecule has 2 heteroatoms. The molecule has 0 bridgehead atoms. The molecule has 0 aliphatic carbocycles. The van der Waals surface area contributed by atoms with E-state index in [1.165, 1.54) is 22.3 Å².